The molecule has 0 spiro atoms. The van der Waals surface area contributed by atoms with Gasteiger partial charge in [0.05, 0.1) is 0 Å². The molecule has 0 radical (unpaired) electrons. The summed E-state index contributed by atoms with van der Waals surface area (Å²) in [7, 11) is -1.18. The monoisotopic (exact) mass is 286 g/mol. The Kier molecular flexibility index (Phi) is 4.79. The molecule has 5 nitrogen and oxygen atoms in total. The first-order chi connectivity index (χ1) is 8.72. The first-order valence-electron chi connectivity index (χ1n) is 5.41. The molecule has 0 aromatic heterocycles. The second-order valence-corrected chi connectivity index (χ2v) is 5.97. The summed E-state index contributed by atoms with van der Waals surface area (Å²) in [6, 6.07) is 5.55. The van der Waals surface area contributed by atoms with Gasteiger partial charge in [-0.3, -0.25) is 4.79 Å². The highest BCUT2D eigenvalue weighted by atomic mass is 32.2. The van der Waals surface area contributed by atoms with Crippen molar-refractivity contribution in [3.8, 4) is 0 Å². The van der Waals surface area contributed by atoms with E-state index in [0.717, 1.165) is 10.4 Å². The van der Waals surface area contributed by atoms with Crippen LogP contribution in [-0.2, 0) is 15.0 Å². The molecule has 0 unspecified atom stereocenters. The van der Waals surface area contributed by atoms with Gasteiger partial charge in [-0.15, -0.1) is 0 Å². The number of nitrogens with one attached hydrogen (secondary N) is 1. The fourth-order valence-corrected chi connectivity index (χ4v) is 1.74. The standard InChI is InChI=1S/C12H15FN2O3S/c1-9(10-4-6-11(13)7-5-10)8-12(16)14-19(17,18)15(2)3/h4-8H,1-3H3,(H,14,16)/b9-8+. The van der Waals surface area contributed by atoms with Crippen LogP contribution < -0.4 is 4.72 Å². The third-order valence-corrected chi connectivity index (χ3v) is 3.78. The summed E-state index contributed by atoms with van der Waals surface area (Å²) < 4.78 is 38.3. The molecule has 19 heavy (non-hydrogen) atoms. The van der Waals surface area contributed by atoms with Crippen molar-refractivity contribution in [3.05, 3.63) is 41.7 Å². The number of halogens is 1. The molecule has 7 heteroatoms. The topological polar surface area (TPSA) is 66.5 Å². The third kappa shape index (κ3) is 4.46. The summed E-state index contributed by atoms with van der Waals surface area (Å²) in [6.07, 6.45) is 1.15. The third-order valence-electron chi connectivity index (χ3n) is 2.36. The molecule has 1 amide bonds. The van der Waals surface area contributed by atoms with E-state index in [4.69, 9.17) is 0 Å². The van der Waals surface area contributed by atoms with E-state index in [1.165, 1.54) is 38.4 Å². The summed E-state index contributed by atoms with van der Waals surface area (Å²) in [5.74, 6) is -1.13. The van der Waals surface area contributed by atoms with E-state index in [1.807, 2.05) is 4.72 Å². The number of carbonyl (C=O) groups is 1. The maximum absolute atomic E-state index is 12.7. The molecule has 1 aromatic rings. The number of amides is 1. The number of allylic oxidation sites excluding steroid dienone is 1. The van der Waals surface area contributed by atoms with Gasteiger partial charge >= 0.3 is 10.2 Å². The molecule has 0 aliphatic heterocycles. The second kappa shape index (κ2) is 5.94. The summed E-state index contributed by atoms with van der Waals surface area (Å²) >= 11 is 0. The van der Waals surface area contributed by atoms with Gasteiger partial charge < -0.3 is 0 Å². The Bertz CT molecular complexity index is 592. The average molecular weight is 286 g/mol. The van der Waals surface area contributed by atoms with Gasteiger partial charge in [-0.2, -0.15) is 12.7 Å². The van der Waals surface area contributed by atoms with Crippen molar-refractivity contribution in [1.29, 1.82) is 0 Å². The van der Waals surface area contributed by atoms with Crippen molar-refractivity contribution < 1.29 is 17.6 Å². The highest BCUT2D eigenvalue weighted by Crippen LogP contribution is 2.13. The molecular formula is C12H15FN2O3S. The zero-order chi connectivity index (χ0) is 14.6. The molecule has 0 atom stereocenters. The van der Waals surface area contributed by atoms with Crippen molar-refractivity contribution in [2.75, 3.05) is 14.1 Å². The molecule has 1 N–H and O–H groups in total. The van der Waals surface area contributed by atoms with Gasteiger partial charge in [0.1, 0.15) is 5.82 Å². The SMILES string of the molecule is C/C(=C\C(=O)NS(=O)(=O)N(C)C)c1ccc(F)cc1. The lowest BCUT2D eigenvalue weighted by atomic mass is 10.1. The normalized spacial score (nSPS) is 12.6. The Morgan fingerprint density at radius 2 is 1.79 bits per heavy atom. The van der Waals surface area contributed by atoms with Crippen LogP contribution in [-0.4, -0.2) is 32.7 Å². The van der Waals surface area contributed by atoms with Gasteiger partial charge in [0.15, 0.2) is 0 Å². The van der Waals surface area contributed by atoms with Crippen molar-refractivity contribution in [1.82, 2.24) is 9.03 Å². The molecule has 104 valence electrons. The van der Waals surface area contributed by atoms with Gasteiger partial charge in [0, 0.05) is 20.2 Å². The fraction of sp³-hybridized carbons (Fsp3) is 0.250. The van der Waals surface area contributed by atoms with Crippen molar-refractivity contribution in [2.24, 2.45) is 0 Å². The van der Waals surface area contributed by atoms with Crippen LogP contribution in [0.3, 0.4) is 0 Å². The van der Waals surface area contributed by atoms with Crippen LogP contribution in [0.25, 0.3) is 5.57 Å². The van der Waals surface area contributed by atoms with Crippen molar-refractivity contribution in [2.45, 2.75) is 6.92 Å². The second-order valence-electron chi connectivity index (χ2n) is 4.09. The maximum Gasteiger partial charge on any atom is 0.303 e. The van der Waals surface area contributed by atoms with E-state index in [9.17, 15) is 17.6 Å². The van der Waals surface area contributed by atoms with E-state index in [-0.39, 0.29) is 5.82 Å². The molecule has 1 aromatic carbocycles. The average Bonchev–Trinajstić information content (AvgIpc) is 2.28. The Labute approximate surface area is 111 Å². The first-order valence-corrected chi connectivity index (χ1v) is 6.85. The van der Waals surface area contributed by atoms with Crippen LogP contribution in [0.2, 0.25) is 0 Å². The summed E-state index contributed by atoms with van der Waals surface area (Å²) in [5.41, 5.74) is 1.17. The molecule has 0 saturated heterocycles. The number of hydrogen-bond donors (Lipinski definition) is 1. The van der Waals surface area contributed by atoms with Crippen LogP contribution in [0.4, 0.5) is 4.39 Å². The van der Waals surface area contributed by atoms with Crippen molar-refractivity contribution in [3.63, 3.8) is 0 Å². The number of nitrogens with zero attached hydrogens (tertiary/aromatic N) is 1. The Hall–Kier alpha value is -1.73. The Balaban J connectivity index is 2.85. The fourth-order valence-electron chi connectivity index (χ4n) is 1.24. The minimum absolute atomic E-state index is 0.379. The van der Waals surface area contributed by atoms with Gasteiger partial charge in [-0.25, -0.2) is 9.11 Å². The molecule has 0 saturated carbocycles. The summed E-state index contributed by atoms with van der Waals surface area (Å²) in [6.45, 7) is 1.63. The molecule has 1 rings (SSSR count). The molecule has 0 bridgehead atoms. The maximum atomic E-state index is 12.7. The number of benzene rings is 1. The summed E-state index contributed by atoms with van der Waals surface area (Å²) in [5, 5.41) is 0. The predicted molar refractivity (Wildman–Crippen MR) is 70.8 cm³/mol. The molecule has 0 aliphatic carbocycles. The Morgan fingerprint density at radius 1 is 1.26 bits per heavy atom. The van der Waals surface area contributed by atoms with Crippen LogP contribution in [0.5, 0.6) is 0 Å². The van der Waals surface area contributed by atoms with E-state index < -0.39 is 16.1 Å². The van der Waals surface area contributed by atoms with E-state index in [0.29, 0.717) is 11.1 Å². The smallest absolute Gasteiger partial charge is 0.269 e. The quantitative estimate of drug-likeness (QED) is 0.844. The van der Waals surface area contributed by atoms with E-state index >= 15 is 0 Å². The van der Waals surface area contributed by atoms with Crippen LogP contribution in [0.1, 0.15) is 12.5 Å². The van der Waals surface area contributed by atoms with Gasteiger partial charge in [0.25, 0.3) is 5.91 Å². The molecular weight excluding hydrogens is 271 g/mol. The summed E-state index contributed by atoms with van der Waals surface area (Å²) in [4.78, 5) is 11.5. The molecule has 0 aliphatic rings. The first kappa shape index (κ1) is 15.3. The van der Waals surface area contributed by atoms with Gasteiger partial charge in [0.2, 0.25) is 0 Å². The Morgan fingerprint density at radius 3 is 2.26 bits per heavy atom. The van der Waals surface area contributed by atoms with Gasteiger partial charge in [-0.1, -0.05) is 12.1 Å². The highest BCUT2D eigenvalue weighted by Gasteiger charge is 2.15. The lowest BCUT2D eigenvalue weighted by Crippen LogP contribution is -2.38. The van der Waals surface area contributed by atoms with Crippen LogP contribution in [0, 0.1) is 5.82 Å². The van der Waals surface area contributed by atoms with Crippen LogP contribution in [0.15, 0.2) is 30.3 Å². The van der Waals surface area contributed by atoms with Gasteiger partial charge in [-0.05, 0) is 30.2 Å². The lowest BCUT2D eigenvalue weighted by Gasteiger charge is -2.11. The molecule has 0 fully saturated rings. The van der Waals surface area contributed by atoms with E-state index in [2.05, 4.69) is 0 Å². The van der Waals surface area contributed by atoms with Crippen LogP contribution >= 0.6 is 0 Å². The van der Waals surface area contributed by atoms with Crippen molar-refractivity contribution >= 4 is 21.7 Å². The lowest BCUT2D eigenvalue weighted by molar-refractivity contribution is -0.114. The zero-order valence-corrected chi connectivity index (χ0v) is 11.7. The minimum Gasteiger partial charge on any atom is -0.269 e. The number of carbonyl (C=O) groups excluding carboxylic acids is 1. The van der Waals surface area contributed by atoms with E-state index in [1.54, 1.807) is 6.92 Å². The minimum atomic E-state index is -3.80. The molecule has 0 heterocycles. The largest absolute Gasteiger partial charge is 0.303 e. The zero-order valence-electron chi connectivity index (χ0n) is 10.8. The number of hydrogen-bond acceptors (Lipinski definition) is 3. The highest BCUT2D eigenvalue weighted by molar-refractivity contribution is 7.87. The predicted octanol–water partition coefficient (Wildman–Crippen LogP) is 1.15. The number of rotatable bonds is 4.